The van der Waals surface area contributed by atoms with E-state index in [1.807, 2.05) is 0 Å². The van der Waals surface area contributed by atoms with Crippen molar-refractivity contribution >= 4 is 40.5 Å². The monoisotopic (exact) mass is 196 g/mol. The fourth-order valence-electron chi connectivity index (χ4n) is 0. The number of hydrogen-bond acceptors (Lipinski definition) is 0. The van der Waals surface area contributed by atoms with Crippen LogP contribution in [0.5, 0.6) is 0 Å². The second kappa shape index (κ2) is 21.9. The predicted octanol–water partition coefficient (Wildman–Crippen LogP) is 0.106. The molecule has 0 atom stereocenters. The van der Waals surface area contributed by atoms with Crippen LogP contribution in [0.2, 0.25) is 0 Å². The van der Waals surface area contributed by atoms with Crippen LogP contribution in [0.4, 0.5) is 0 Å². The molecule has 0 aromatic rings. The Morgan fingerprint density at radius 1 is 0.750 bits per heavy atom. The molecule has 0 amide bonds. The first-order valence-corrected chi connectivity index (χ1v) is 0. The molecule has 4 heavy (non-hydrogen) atoms. The molecule has 0 radical (unpaired) electrons. The second-order valence-corrected chi connectivity index (χ2v) is 0. The first kappa shape index (κ1) is 42.6. The van der Waals surface area contributed by atoms with Gasteiger partial charge in [-0.3, -0.25) is 0 Å². The third-order valence-electron chi connectivity index (χ3n) is 0. The minimum Gasteiger partial charge on any atom is -2.00 e. The van der Waals surface area contributed by atoms with Crippen molar-refractivity contribution in [3.05, 3.63) is 0 Å². The Bertz CT molecular complexity index is 3.25. The fourth-order valence-corrected chi connectivity index (χ4v) is 0. The molecule has 0 aromatic carbocycles. The molecule has 0 rings (SSSR count). The van der Waals surface area contributed by atoms with Gasteiger partial charge in [-0.1, -0.05) is 0 Å². The SMILES string of the molecule is S.[Mo+4].[S-2].[S-2]. The number of rotatable bonds is 0. The third-order valence-corrected chi connectivity index (χ3v) is 0. The smallest absolute Gasteiger partial charge is 2.00 e. The zero-order valence-corrected chi connectivity index (χ0v) is 6.36. The molecule has 0 nitrogen and oxygen atoms in total. The van der Waals surface area contributed by atoms with E-state index in [0.717, 1.165) is 0 Å². The van der Waals surface area contributed by atoms with Gasteiger partial charge in [0, 0.05) is 0 Å². The maximum Gasteiger partial charge on any atom is 4.00 e. The molecule has 0 aromatic heterocycles. The van der Waals surface area contributed by atoms with Gasteiger partial charge in [-0.15, -0.1) is 0 Å². The topological polar surface area (TPSA) is 0 Å². The second-order valence-electron chi connectivity index (χ2n) is 0. The van der Waals surface area contributed by atoms with Gasteiger partial charge in [0.05, 0.1) is 0 Å². The summed E-state index contributed by atoms with van der Waals surface area (Å²) < 4.78 is 0. The van der Waals surface area contributed by atoms with E-state index in [4.69, 9.17) is 0 Å². The summed E-state index contributed by atoms with van der Waals surface area (Å²) in [6.45, 7) is 0. The van der Waals surface area contributed by atoms with Crippen LogP contribution in [0.3, 0.4) is 0 Å². The summed E-state index contributed by atoms with van der Waals surface area (Å²) in [6, 6.07) is 0. The molecule has 0 N–H and O–H groups in total. The Kier molecular flexibility index (Phi) is 234. The summed E-state index contributed by atoms with van der Waals surface area (Å²) in [6.07, 6.45) is 0. The molecule has 4 heteroatoms. The summed E-state index contributed by atoms with van der Waals surface area (Å²) in [4.78, 5) is 0. The van der Waals surface area contributed by atoms with E-state index in [-0.39, 0.29) is 61.6 Å². The Labute approximate surface area is 61.3 Å². The van der Waals surface area contributed by atoms with Gasteiger partial charge < -0.3 is 27.0 Å². The molecule has 0 spiro atoms. The van der Waals surface area contributed by atoms with Crippen molar-refractivity contribution in [3.63, 3.8) is 0 Å². The van der Waals surface area contributed by atoms with Crippen LogP contribution in [0.25, 0.3) is 0 Å². The van der Waals surface area contributed by atoms with Gasteiger partial charge >= 0.3 is 21.1 Å². The minimum absolute atomic E-state index is 0. The summed E-state index contributed by atoms with van der Waals surface area (Å²) in [7, 11) is 0. The maximum absolute atomic E-state index is 0. The van der Waals surface area contributed by atoms with E-state index < -0.39 is 0 Å². The summed E-state index contributed by atoms with van der Waals surface area (Å²) in [5.41, 5.74) is 0. The van der Waals surface area contributed by atoms with E-state index in [1.165, 1.54) is 0 Å². The van der Waals surface area contributed by atoms with E-state index in [0.29, 0.717) is 0 Å². The molecule has 0 aliphatic rings. The molecule has 0 saturated heterocycles. The fraction of sp³-hybridized carbons (Fsp3) is 0. The molecule has 0 heterocycles. The molecule has 0 aliphatic carbocycles. The number of hydrogen-bond donors (Lipinski definition) is 0. The Balaban J connectivity index is 0. The van der Waals surface area contributed by atoms with Crippen LogP contribution in [-0.4, -0.2) is 0 Å². The molecule has 0 bridgehead atoms. The normalized spacial score (nSPS) is 0. The largest absolute Gasteiger partial charge is 4.00 e. The van der Waals surface area contributed by atoms with Crippen molar-refractivity contribution in [3.8, 4) is 0 Å². The summed E-state index contributed by atoms with van der Waals surface area (Å²) >= 11 is 0. The average Bonchev–Trinajstić information content (AvgIpc) is 0. The minimum atomic E-state index is 0. The van der Waals surface area contributed by atoms with Crippen LogP contribution in [0.15, 0.2) is 0 Å². The van der Waals surface area contributed by atoms with Crippen LogP contribution >= 0.6 is 13.5 Å². The first-order chi connectivity index (χ1) is 0. The third kappa shape index (κ3) is 9.28. The van der Waals surface area contributed by atoms with Crippen LogP contribution < -0.4 is 0 Å². The van der Waals surface area contributed by atoms with Crippen molar-refractivity contribution in [1.29, 1.82) is 0 Å². The van der Waals surface area contributed by atoms with Gasteiger partial charge in [-0.2, -0.15) is 13.5 Å². The van der Waals surface area contributed by atoms with Crippen molar-refractivity contribution in [2.24, 2.45) is 0 Å². The quantitative estimate of drug-likeness (QED) is 0.480. The van der Waals surface area contributed by atoms with Crippen molar-refractivity contribution < 1.29 is 21.1 Å². The Morgan fingerprint density at radius 3 is 0.750 bits per heavy atom. The van der Waals surface area contributed by atoms with Crippen molar-refractivity contribution in [2.45, 2.75) is 0 Å². The molecular formula is H2MoS3. The zero-order valence-electron chi connectivity index (χ0n) is 1.72. The van der Waals surface area contributed by atoms with Crippen molar-refractivity contribution in [2.75, 3.05) is 0 Å². The van der Waals surface area contributed by atoms with Gasteiger partial charge in [0.25, 0.3) is 0 Å². The van der Waals surface area contributed by atoms with E-state index in [9.17, 15) is 0 Å². The van der Waals surface area contributed by atoms with Crippen molar-refractivity contribution in [1.82, 2.24) is 0 Å². The van der Waals surface area contributed by atoms with E-state index in [1.54, 1.807) is 0 Å². The van der Waals surface area contributed by atoms with Crippen LogP contribution in [0.1, 0.15) is 0 Å². The van der Waals surface area contributed by atoms with Gasteiger partial charge in [0.1, 0.15) is 0 Å². The van der Waals surface area contributed by atoms with Gasteiger partial charge in [0.2, 0.25) is 0 Å². The summed E-state index contributed by atoms with van der Waals surface area (Å²) in [5.74, 6) is 0. The van der Waals surface area contributed by atoms with E-state index in [2.05, 4.69) is 0 Å². The van der Waals surface area contributed by atoms with Crippen LogP contribution in [0, 0.1) is 0 Å². The average molecular weight is 194 g/mol. The zero-order chi connectivity index (χ0) is 0. The first-order valence-electron chi connectivity index (χ1n) is 0. The van der Waals surface area contributed by atoms with Gasteiger partial charge in [-0.05, 0) is 0 Å². The molecule has 0 saturated carbocycles. The van der Waals surface area contributed by atoms with Gasteiger partial charge in [0.15, 0.2) is 0 Å². The molecule has 0 aliphatic heterocycles. The van der Waals surface area contributed by atoms with Gasteiger partial charge in [-0.25, -0.2) is 0 Å². The Hall–Kier alpha value is 1.74. The predicted molar refractivity (Wildman–Crippen MR) is 25.1 cm³/mol. The molecule has 0 unspecified atom stereocenters. The molecular weight excluding hydrogens is 192 g/mol. The maximum atomic E-state index is 0. The molecule has 26 valence electrons. The summed E-state index contributed by atoms with van der Waals surface area (Å²) in [5, 5.41) is 0. The molecule has 0 fully saturated rings. The van der Waals surface area contributed by atoms with E-state index >= 15 is 0 Å². The standard InChI is InChI=1S/Mo.H2S.2S/h;1H2;;/q+4;;2*-2. The Morgan fingerprint density at radius 2 is 0.750 bits per heavy atom. The van der Waals surface area contributed by atoms with Crippen LogP contribution in [-0.2, 0) is 48.1 Å².